The number of nitrogens with zero attached hydrogens (tertiary/aromatic N) is 1. The van der Waals surface area contributed by atoms with E-state index < -0.39 is 18.1 Å². The quantitative estimate of drug-likeness (QED) is 0.624. The number of nitrogens with one attached hydrogen (secondary N) is 1. The van der Waals surface area contributed by atoms with Gasteiger partial charge in [0.1, 0.15) is 12.6 Å². The predicted molar refractivity (Wildman–Crippen MR) is 129 cm³/mol. The molecule has 2 aromatic carbocycles. The highest BCUT2D eigenvalue weighted by molar-refractivity contribution is 7.99. The SMILES string of the molecule is O=C(NCC1CC(CC(=O)N2CSCC2C(=O)O)C1)OCC1c2ccccc2-c2ccccc21. The molecule has 1 aliphatic heterocycles. The van der Waals surface area contributed by atoms with Gasteiger partial charge in [0.05, 0.1) is 5.88 Å². The van der Waals surface area contributed by atoms with Gasteiger partial charge < -0.3 is 20.1 Å². The van der Waals surface area contributed by atoms with Crippen molar-refractivity contribution in [1.29, 1.82) is 0 Å². The molecule has 1 saturated heterocycles. The fourth-order valence-electron chi connectivity index (χ4n) is 5.34. The normalized spacial score (nSPS) is 23.1. The number of hydrogen-bond donors (Lipinski definition) is 2. The van der Waals surface area contributed by atoms with Gasteiger partial charge >= 0.3 is 12.1 Å². The van der Waals surface area contributed by atoms with Gasteiger partial charge in [-0.25, -0.2) is 9.59 Å². The van der Waals surface area contributed by atoms with Crippen LogP contribution >= 0.6 is 11.8 Å². The Morgan fingerprint density at radius 3 is 2.29 bits per heavy atom. The van der Waals surface area contributed by atoms with Crippen molar-refractivity contribution in [2.45, 2.75) is 31.2 Å². The third-order valence-electron chi connectivity index (χ3n) is 7.16. The lowest BCUT2D eigenvalue weighted by Gasteiger charge is -2.36. The van der Waals surface area contributed by atoms with Gasteiger partial charge in [-0.1, -0.05) is 48.5 Å². The van der Waals surface area contributed by atoms with E-state index in [1.807, 2.05) is 24.3 Å². The second-order valence-corrected chi connectivity index (χ2v) is 10.3. The van der Waals surface area contributed by atoms with Crippen LogP contribution in [0, 0.1) is 11.8 Å². The summed E-state index contributed by atoms with van der Waals surface area (Å²) in [4.78, 5) is 37.6. The highest BCUT2D eigenvalue weighted by atomic mass is 32.2. The van der Waals surface area contributed by atoms with E-state index in [0.717, 1.165) is 12.8 Å². The van der Waals surface area contributed by atoms with Crippen LogP contribution in [0.5, 0.6) is 0 Å². The Bertz CT molecular complexity index is 1050. The van der Waals surface area contributed by atoms with Crippen molar-refractivity contribution in [2.24, 2.45) is 11.8 Å². The van der Waals surface area contributed by atoms with Gasteiger partial charge in [-0.2, -0.15) is 0 Å². The largest absolute Gasteiger partial charge is 0.480 e. The number of aliphatic carboxylic acids is 1. The molecule has 7 nitrogen and oxygen atoms in total. The molecule has 1 atom stereocenters. The Labute approximate surface area is 202 Å². The summed E-state index contributed by atoms with van der Waals surface area (Å²) >= 11 is 1.48. The number of hydrogen-bond acceptors (Lipinski definition) is 5. The van der Waals surface area contributed by atoms with Crippen LogP contribution in [0.25, 0.3) is 11.1 Å². The zero-order valence-corrected chi connectivity index (χ0v) is 19.6. The lowest BCUT2D eigenvalue weighted by molar-refractivity contribution is -0.148. The van der Waals surface area contributed by atoms with Crippen molar-refractivity contribution in [2.75, 3.05) is 24.8 Å². The van der Waals surface area contributed by atoms with E-state index in [2.05, 4.69) is 29.6 Å². The van der Waals surface area contributed by atoms with E-state index in [4.69, 9.17) is 4.74 Å². The van der Waals surface area contributed by atoms with Crippen LogP contribution < -0.4 is 5.32 Å². The van der Waals surface area contributed by atoms with Gasteiger partial charge in [0.2, 0.25) is 5.91 Å². The van der Waals surface area contributed by atoms with Crippen LogP contribution in [0.15, 0.2) is 48.5 Å². The van der Waals surface area contributed by atoms with E-state index in [1.54, 1.807) is 0 Å². The van der Waals surface area contributed by atoms with Crippen molar-refractivity contribution in [3.8, 4) is 11.1 Å². The summed E-state index contributed by atoms with van der Waals surface area (Å²) in [5, 5.41) is 12.1. The van der Waals surface area contributed by atoms with Crippen molar-refractivity contribution in [3.63, 3.8) is 0 Å². The lowest BCUT2D eigenvalue weighted by Crippen LogP contribution is -2.44. The first-order valence-corrected chi connectivity index (χ1v) is 12.9. The minimum absolute atomic E-state index is 0.0376. The molecule has 2 amide bonds. The molecule has 0 aromatic heterocycles. The van der Waals surface area contributed by atoms with Gasteiger partial charge in [-0.3, -0.25) is 4.79 Å². The number of carboxylic acid groups (broad SMARTS) is 1. The Morgan fingerprint density at radius 2 is 1.65 bits per heavy atom. The second-order valence-electron chi connectivity index (χ2n) is 9.33. The van der Waals surface area contributed by atoms with Crippen LogP contribution in [0.1, 0.15) is 36.3 Å². The first kappa shape index (κ1) is 22.8. The van der Waals surface area contributed by atoms with E-state index in [1.165, 1.54) is 38.9 Å². The molecule has 0 spiro atoms. The van der Waals surface area contributed by atoms with E-state index in [9.17, 15) is 19.5 Å². The summed E-state index contributed by atoms with van der Waals surface area (Å²) in [6.07, 6.45) is 1.67. The maximum Gasteiger partial charge on any atom is 0.407 e. The fraction of sp³-hybridized carbons (Fsp3) is 0.423. The second kappa shape index (κ2) is 9.70. The highest BCUT2D eigenvalue weighted by Crippen LogP contribution is 2.44. The van der Waals surface area contributed by atoms with Gasteiger partial charge in [0.25, 0.3) is 0 Å². The maximum absolute atomic E-state index is 12.5. The smallest absolute Gasteiger partial charge is 0.407 e. The third kappa shape index (κ3) is 4.51. The molecule has 8 heteroatoms. The Morgan fingerprint density at radius 1 is 1.00 bits per heavy atom. The number of amides is 2. The van der Waals surface area contributed by atoms with Gasteiger partial charge in [0.15, 0.2) is 0 Å². The van der Waals surface area contributed by atoms with Gasteiger partial charge in [-0.15, -0.1) is 11.8 Å². The number of benzene rings is 2. The van der Waals surface area contributed by atoms with Crippen LogP contribution in [-0.2, 0) is 14.3 Å². The minimum Gasteiger partial charge on any atom is -0.480 e. The first-order chi connectivity index (χ1) is 16.5. The number of ether oxygens (including phenoxy) is 1. The standard InChI is InChI=1S/C26H28N2O5S/c29-24(28-15-34-14-23(28)25(30)31)11-16-9-17(10-16)12-27-26(32)33-13-22-20-7-3-1-5-18(20)19-6-2-4-8-21(19)22/h1-8,16-17,22-23H,9-15H2,(H,27,32)(H,30,31). The highest BCUT2D eigenvalue weighted by Gasteiger charge is 2.38. The van der Waals surface area contributed by atoms with Gasteiger partial charge in [-0.05, 0) is 46.9 Å². The number of alkyl carbamates (subject to hydrolysis) is 1. The van der Waals surface area contributed by atoms with E-state index in [0.29, 0.717) is 37.1 Å². The Hall–Kier alpha value is -3.00. The molecule has 0 bridgehead atoms. The number of thioether (sulfide) groups is 1. The maximum atomic E-state index is 12.5. The summed E-state index contributed by atoms with van der Waals surface area (Å²) in [5.74, 6) is 0.509. The Balaban J connectivity index is 1.05. The summed E-state index contributed by atoms with van der Waals surface area (Å²) in [6.45, 7) is 0.818. The first-order valence-electron chi connectivity index (χ1n) is 11.7. The molecule has 5 rings (SSSR count). The summed E-state index contributed by atoms with van der Waals surface area (Å²) in [7, 11) is 0. The molecule has 3 aliphatic rings. The molecular formula is C26H28N2O5S. The molecule has 1 heterocycles. The zero-order chi connectivity index (χ0) is 23.7. The van der Waals surface area contributed by atoms with Crippen LogP contribution in [-0.4, -0.2) is 58.8 Å². The fourth-order valence-corrected chi connectivity index (χ4v) is 6.51. The predicted octanol–water partition coefficient (Wildman–Crippen LogP) is 3.93. The van der Waals surface area contributed by atoms with Crippen molar-refractivity contribution >= 4 is 29.7 Å². The molecule has 2 aliphatic carbocycles. The van der Waals surface area contributed by atoms with E-state index >= 15 is 0 Å². The molecule has 2 N–H and O–H groups in total. The van der Waals surface area contributed by atoms with Crippen molar-refractivity contribution in [1.82, 2.24) is 10.2 Å². The molecule has 0 radical (unpaired) electrons. The lowest BCUT2D eigenvalue weighted by atomic mass is 9.73. The van der Waals surface area contributed by atoms with E-state index in [-0.39, 0.29) is 17.7 Å². The summed E-state index contributed by atoms with van der Waals surface area (Å²) in [5.41, 5.74) is 4.77. The summed E-state index contributed by atoms with van der Waals surface area (Å²) in [6, 6.07) is 15.8. The third-order valence-corrected chi connectivity index (χ3v) is 8.18. The molecule has 2 fully saturated rings. The number of rotatable bonds is 7. The van der Waals surface area contributed by atoms with Crippen LogP contribution in [0.2, 0.25) is 0 Å². The molecule has 1 unspecified atom stereocenters. The topological polar surface area (TPSA) is 95.9 Å². The molecule has 1 saturated carbocycles. The van der Waals surface area contributed by atoms with Crippen molar-refractivity contribution < 1.29 is 24.2 Å². The average molecular weight is 481 g/mol. The minimum atomic E-state index is -0.933. The number of fused-ring (bicyclic) bond motifs is 3. The molecular weight excluding hydrogens is 452 g/mol. The molecule has 2 aromatic rings. The number of carbonyl (C=O) groups excluding carboxylic acids is 2. The van der Waals surface area contributed by atoms with Crippen LogP contribution in [0.3, 0.4) is 0 Å². The molecule has 34 heavy (non-hydrogen) atoms. The monoisotopic (exact) mass is 480 g/mol. The molecule has 178 valence electrons. The Kier molecular flexibility index (Phi) is 6.50. The van der Waals surface area contributed by atoms with Gasteiger partial charge in [0, 0.05) is 24.6 Å². The number of carboxylic acids is 1. The summed E-state index contributed by atoms with van der Waals surface area (Å²) < 4.78 is 5.58. The average Bonchev–Trinajstić information content (AvgIpc) is 3.43. The zero-order valence-electron chi connectivity index (χ0n) is 18.8. The van der Waals surface area contributed by atoms with Crippen LogP contribution in [0.4, 0.5) is 4.79 Å². The number of carbonyl (C=O) groups is 3. The van der Waals surface area contributed by atoms with Crippen molar-refractivity contribution in [3.05, 3.63) is 59.7 Å².